The molecule has 128 valence electrons. The molecule has 0 saturated carbocycles. The van der Waals surface area contributed by atoms with Gasteiger partial charge in [-0.2, -0.15) is 13.2 Å². The molecule has 0 spiro atoms. The third-order valence-corrected chi connectivity index (χ3v) is 3.63. The summed E-state index contributed by atoms with van der Waals surface area (Å²) >= 11 is 0. The second-order valence-corrected chi connectivity index (χ2v) is 5.57. The molecule has 0 atom stereocenters. The van der Waals surface area contributed by atoms with Gasteiger partial charge >= 0.3 is 6.18 Å². The van der Waals surface area contributed by atoms with Crippen LogP contribution in [0.2, 0.25) is 0 Å². The van der Waals surface area contributed by atoms with Crippen LogP contribution in [0.1, 0.15) is 23.1 Å². The van der Waals surface area contributed by atoms with Crippen molar-refractivity contribution in [3.63, 3.8) is 0 Å². The summed E-state index contributed by atoms with van der Waals surface area (Å²) < 4.78 is 37.4. The highest BCUT2D eigenvalue weighted by Crippen LogP contribution is 2.29. The number of carbonyl (C=O) groups excluding carboxylic acids is 1. The molecular weight excluding hydrogens is 317 g/mol. The Morgan fingerprint density at radius 2 is 1.58 bits per heavy atom. The van der Waals surface area contributed by atoms with Crippen LogP contribution in [-0.2, 0) is 11.0 Å². The summed E-state index contributed by atoms with van der Waals surface area (Å²) in [6.07, 6.45) is -4.16. The summed E-state index contributed by atoms with van der Waals surface area (Å²) in [5, 5.41) is 5.81. The van der Waals surface area contributed by atoms with E-state index in [1.54, 1.807) is 0 Å². The molecular formula is C18H19F3N2O. The van der Waals surface area contributed by atoms with Crippen LogP contribution >= 0.6 is 0 Å². The summed E-state index contributed by atoms with van der Waals surface area (Å²) in [6.45, 7) is 4.41. The number of rotatable bonds is 5. The standard InChI is InChI=1S/C18H19F3N2O/c1-12-4-3-5-13(2)17(12)22-11-10-16(24)23-15-8-6-14(7-9-15)18(19,20)21/h3-9,22H,10-11H2,1-2H3,(H,23,24). The van der Waals surface area contributed by atoms with Gasteiger partial charge in [-0.3, -0.25) is 4.79 Å². The lowest BCUT2D eigenvalue weighted by atomic mass is 10.1. The van der Waals surface area contributed by atoms with Gasteiger partial charge < -0.3 is 10.6 Å². The van der Waals surface area contributed by atoms with Gasteiger partial charge in [0.15, 0.2) is 0 Å². The van der Waals surface area contributed by atoms with Gasteiger partial charge in [-0.25, -0.2) is 0 Å². The predicted molar refractivity (Wildman–Crippen MR) is 89.1 cm³/mol. The van der Waals surface area contributed by atoms with Gasteiger partial charge in [-0.15, -0.1) is 0 Å². The fraction of sp³-hybridized carbons (Fsp3) is 0.278. The molecule has 1 amide bonds. The van der Waals surface area contributed by atoms with E-state index in [2.05, 4.69) is 10.6 Å². The van der Waals surface area contributed by atoms with Crippen LogP contribution in [0, 0.1) is 13.8 Å². The molecule has 0 bridgehead atoms. The van der Waals surface area contributed by atoms with Crippen molar-refractivity contribution in [1.82, 2.24) is 0 Å². The highest BCUT2D eigenvalue weighted by atomic mass is 19.4. The molecule has 0 unspecified atom stereocenters. The number of halogens is 3. The number of hydrogen-bond acceptors (Lipinski definition) is 2. The van der Waals surface area contributed by atoms with Gasteiger partial charge in [0.1, 0.15) is 0 Å². The van der Waals surface area contributed by atoms with Crippen LogP contribution < -0.4 is 10.6 Å². The fourth-order valence-corrected chi connectivity index (χ4v) is 2.36. The molecule has 2 aromatic carbocycles. The molecule has 0 aliphatic carbocycles. The van der Waals surface area contributed by atoms with Gasteiger partial charge in [-0.1, -0.05) is 18.2 Å². The van der Waals surface area contributed by atoms with E-state index in [0.717, 1.165) is 28.9 Å². The smallest absolute Gasteiger partial charge is 0.384 e. The topological polar surface area (TPSA) is 41.1 Å². The van der Waals surface area contributed by atoms with Crippen LogP contribution in [0.25, 0.3) is 0 Å². The Bertz CT molecular complexity index is 689. The Morgan fingerprint density at radius 3 is 2.12 bits per heavy atom. The molecule has 0 aliphatic rings. The summed E-state index contributed by atoms with van der Waals surface area (Å²) in [5.74, 6) is -0.256. The van der Waals surface area contributed by atoms with Gasteiger partial charge in [0, 0.05) is 24.3 Å². The van der Waals surface area contributed by atoms with Crippen LogP contribution in [0.5, 0.6) is 0 Å². The number of aryl methyl sites for hydroxylation is 2. The zero-order chi connectivity index (χ0) is 17.7. The number of para-hydroxylation sites is 1. The van der Waals surface area contributed by atoms with E-state index in [0.29, 0.717) is 12.2 Å². The first-order valence-electron chi connectivity index (χ1n) is 7.54. The molecule has 0 fully saturated rings. The third kappa shape index (κ3) is 4.75. The minimum Gasteiger partial charge on any atom is -0.384 e. The summed E-state index contributed by atoms with van der Waals surface area (Å²) in [4.78, 5) is 11.9. The lowest BCUT2D eigenvalue weighted by Crippen LogP contribution is -2.17. The molecule has 0 heterocycles. The van der Waals surface area contributed by atoms with Gasteiger partial charge in [0.05, 0.1) is 5.56 Å². The maximum atomic E-state index is 12.5. The van der Waals surface area contributed by atoms with Crippen molar-refractivity contribution in [3.8, 4) is 0 Å². The molecule has 0 aromatic heterocycles. The Hall–Kier alpha value is -2.50. The minimum absolute atomic E-state index is 0.217. The molecule has 3 nitrogen and oxygen atoms in total. The monoisotopic (exact) mass is 336 g/mol. The van der Waals surface area contributed by atoms with Crippen LogP contribution in [0.4, 0.5) is 24.5 Å². The van der Waals surface area contributed by atoms with Crippen molar-refractivity contribution in [2.75, 3.05) is 17.2 Å². The minimum atomic E-state index is -4.38. The third-order valence-electron chi connectivity index (χ3n) is 3.63. The van der Waals surface area contributed by atoms with Crippen molar-refractivity contribution in [3.05, 3.63) is 59.2 Å². The molecule has 0 saturated heterocycles. The molecule has 24 heavy (non-hydrogen) atoms. The highest BCUT2D eigenvalue weighted by molar-refractivity contribution is 5.91. The SMILES string of the molecule is Cc1cccc(C)c1NCCC(=O)Nc1ccc(C(F)(F)F)cc1. The fourth-order valence-electron chi connectivity index (χ4n) is 2.36. The van der Waals surface area contributed by atoms with Gasteiger partial charge in [0.2, 0.25) is 5.91 Å². The van der Waals surface area contributed by atoms with Crippen molar-refractivity contribution in [2.24, 2.45) is 0 Å². The molecule has 2 rings (SSSR count). The molecule has 2 aromatic rings. The highest BCUT2D eigenvalue weighted by Gasteiger charge is 2.29. The second kappa shape index (κ2) is 7.38. The zero-order valence-corrected chi connectivity index (χ0v) is 13.5. The lowest BCUT2D eigenvalue weighted by Gasteiger charge is -2.13. The molecule has 0 aliphatic heterocycles. The number of benzene rings is 2. The normalized spacial score (nSPS) is 11.2. The first kappa shape index (κ1) is 17.8. The molecule has 2 N–H and O–H groups in total. The maximum absolute atomic E-state index is 12.5. The number of carbonyl (C=O) groups is 1. The van der Waals surface area contributed by atoms with Crippen molar-refractivity contribution in [1.29, 1.82) is 0 Å². The zero-order valence-electron chi connectivity index (χ0n) is 13.5. The first-order valence-corrected chi connectivity index (χ1v) is 7.54. The van der Waals surface area contributed by atoms with Crippen LogP contribution in [-0.4, -0.2) is 12.5 Å². The predicted octanol–water partition coefficient (Wildman–Crippen LogP) is 4.76. The van der Waals surface area contributed by atoms with Gasteiger partial charge in [0.25, 0.3) is 0 Å². The number of hydrogen-bond donors (Lipinski definition) is 2. The van der Waals surface area contributed by atoms with E-state index >= 15 is 0 Å². The Kier molecular flexibility index (Phi) is 5.49. The van der Waals surface area contributed by atoms with E-state index in [9.17, 15) is 18.0 Å². The van der Waals surface area contributed by atoms with E-state index < -0.39 is 11.7 Å². The number of nitrogens with one attached hydrogen (secondary N) is 2. The number of amides is 1. The van der Waals surface area contributed by atoms with Crippen molar-refractivity contribution in [2.45, 2.75) is 26.4 Å². The van der Waals surface area contributed by atoms with E-state index in [4.69, 9.17) is 0 Å². The van der Waals surface area contributed by atoms with Crippen molar-refractivity contribution >= 4 is 17.3 Å². The van der Waals surface area contributed by atoms with E-state index in [1.807, 2.05) is 32.0 Å². The van der Waals surface area contributed by atoms with Crippen LogP contribution in [0.3, 0.4) is 0 Å². The van der Waals surface area contributed by atoms with E-state index in [-0.39, 0.29) is 12.3 Å². The van der Waals surface area contributed by atoms with Crippen molar-refractivity contribution < 1.29 is 18.0 Å². The second-order valence-electron chi connectivity index (χ2n) is 5.57. The molecule has 6 heteroatoms. The van der Waals surface area contributed by atoms with E-state index in [1.165, 1.54) is 12.1 Å². The lowest BCUT2D eigenvalue weighted by molar-refractivity contribution is -0.137. The molecule has 0 radical (unpaired) electrons. The first-order chi connectivity index (χ1) is 11.3. The number of alkyl halides is 3. The largest absolute Gasteiger partial charge is 0.416 e. The number of anilines is 2. The average Bonchev–Trinajstić information content (AvgIpc) is 2.50. The summed E-state index contributed by atoms with van der Waals surface area (Å²) in [7, 11) is 0. The quantitative estimate of drug-likeness (QED) is 0.826. The Balaban J connectivity index is 1.85. The maximum Gasteiger partial charge on any atom is 0.416 e. The Labute approximate surface area is 138 Å². The average molecular weight is 336 g/mol. The summed E-state index contributed by atoms with van der Waals surface area (Å²) in [5.41, 5.74) is 2.80. The van der Waals surface area contributed by atoms with Crippen LogP contribution in [0.15, 0.2) is 42.5 Å². The Morgan fingerprint density at radius 1 is 1.00 bits per heavy atom. The summed E-state index contributed by atoms with van der Waals surface area (Å²) in [6, 6.07) is 10.3. The van der Waals surface area contributed by atoms with Gasteiger partial charge in [-0.05, 0) is 49.2 Å².